The summed E-state index contributed by atoms with van der Waals surface area (Å²) in [5, 5.41) is 0.199. The number of alkyl halides is 1. The maximum Gasteiger partial charge on any atom is 0.328 e. The number of aromatic nitrogens is 2. The predicted octanol–water partition coefficient (Wildman–Crippen LogP) is 4.11. The van der Waals surface area contributed by atoms with E-state index in [-0.39, 0.29) is 11.3 Å². The van der Waals surface area contributed by atoms with E-state index in [1.165, 1.54) is 0 Å². The van der Waals surface area contributed by atoms with Crippen molar-refractivity contribution in [3.05, 3.63) is 29.0 Å². The molecule has 1 aromatic carbocycles. The van der Waals surface area contributed by atoms with Gasteiger partial charge in [0.05, 0.1) is 28.0 Å². The molecule has 0 bridgehead atoms. The van der Waals surface area contributed by atoms with Gasteiger partial charge in [0.25, 0.3) is 0 Å². The minimum atomic E-state index is -0.531. The minimum absolute atomic E-state index is 0.328. The largest absolute Gasteiger partial charge is 0.464 e. The van der Waals surface area contributed by atoms with Gasteiger partial charge in [-0.15, -0.1) is 11.6 Å². The Balaban J connectivity index is 2.65. The van der Waals surface area contributed by atoms with Crippen LogP contribution in [0.3, 0.4) is 0 Å². The molecule has 0 spiro atoms. The molecule has 108 valence electrons. The lowest BCUT2D eigenvalue weighted by atomic mass is 10.2. The fourth-order valence-electron chi connectivity index (χ4n) is 2.17. The van der Waals surface area contributed by atoms with Crippen LogP contribution >= 0.6 is 23.2 Å². The molecule has 0 radical (unpaired) electrons. The normalized spacial score (nSPS) is 14.2. The minimum Gasteiger partial charge on any atom is -0.464 e. The molecule has 0 saturated heterocycles. The van der Waals surface area contributed by atoms with Gasteiger partial charge in [0.15, 0.2) is 0 Å². The number of esters is 1. The number of benzene rings is 1. The summed E-state index contributed by atoms with van der Waals surface area (Å²) in [5.74, 6) is 0.278. The van der Waals surface area contributed by atoms with Crippen LogP contribution in [-0.2, 0) is 9.53 Å². The number of para-hydroxylation sites is 1. The molecule has 0 aliphatic carbocycles. The smallest absolute Gasteiger partial charge is 0.328 e. The first-order valence-corrected chi connectivity index (χ1v) is 7.25. The number of rotatable bonds is 4. The Morgan fingerprint density at radius 3 is 2.75 bits per heavy atom. The van der Waals surface area contributed by atoms with Crippen LogP contribution in [0, 0.1) is 0 Å². The highest BCUT2D eigenvalue weighted by Crippen LogP contribution is 2.32. The Labute approximate surface area is 127 Å². The topological polar surface area (TPSA) is 44.1 Å². The third-order valence-electron chi connectivity index (χ3n) is 3.06. The van der Waals surface area contributed by atoms with Crippen molar-refractivity contribution in [3.8, 4) is 0 Å². The number of halogens is 2. The monoisotopic (exact) mass is 314 g/mol. The molecule has 0 saturated carbocycles. The first-order valence-electron chi connectivity index (χ1n) is 6.44. The third kappa shape index (κ3) is 2.63. The number of carbonyl (C=O) groups is 1. The van der Waals surface area contributed by atoms with Crippen molar-refractivity contribution in [1.29, 1.82) is 0 Å². The standard InChI is InChI=1S/C14H16Cl2N2O2/c1-4-20-14(19)9(3)18-12-10(16)6-5-7-11(12)17-13(18)8(2)15/h5-9H,4H2,1-3H3. The zero-order valence-corrected chi connectivity index (χ0v) is 13.1. The SMILES string of the molecule is CCOC(=O)C(C)n1c(C(C)Cl)nc2cccc(Cl)c21. The van der Waals surface area contributed by atoms with Gasteiger partial charge in [-0.25, -0.2) is 9.78 Å². The highest BCUT2D eigenvalue weighted by Gasteiger charge is 2.25. The van der Waals surface area contributed by atoms with E-state index in [1.54, 1.807) is 24.5 Å². The maximum atomic E-state index is 12.0. The van der Waals surface area contributed by atoms with Gasteiger partial charge in [-0.2, -0.15) is 0 Å². The van der Waals surface area contributed by atoms with E-state index in [9.17, 15) is 4.79 Å². The highest BCUT2D eigenvalue weighted by molar-refractivity contribution is 6.35. The lowest BCUT2D eigenvalue weighted by Gasteiger charge is -2.17. The van der Waals surface area contributed by atoms with Crippen molar-refractivity contribution in [2.24, 2.45) is 0 Å². The van der Waals surface area contributed by atoms with Crippen LogP contribution in [0.1, 0.15) is 38.0 Å². The molecule has 2 aromatic rings. The first-order chi connectivity index (χ1) is 9.47. The molecule has 2 atom stereocenters. The third-order valence-corrected chi connectivity index (χ3v) is 3.56. The number of fused-ring (bicyclic) bond motifs is 1. The molecular formula is C14H16Cl2N2O2. The second-order valence-electron chi connectivity index (χ2n) is 4.49. The fourth-order valence-corrected chi connectivity index (χ4v) is 2.58. The van der Waals surface area contributed by atoms with E-state index >= 15 is 0 Å². The van der Waals surface area contributed by atoms with Gasteiger partial charge in [-0.05, 0) is 32.9 Å². The summed E-state index contributed by atoms with van der Waals surface area (Å²) in [5.41, 5.74) is 1.42. The van der Waals surface area contributed by atoms with E-state index in [1.807, 2.05) is 19.1 Å². The number of carbonyl (C=O) groups excluding carboxylic acids is 1. The van der Waals surface area contributed by atoms with Gasteiger partial charge in [0.1, 0.15) is 11.9 Å². The van der Waals surface area contributed by atoms with Crippen LogP contribution in [-0.4, -0.2) is 22.1 Å². The van der Waals surface area contributed by atoms with Crippen molar-refractivity contribution in [2.75, 3.05) is 6.61 Å². The molecule has 0 aliphatic rings. The first kappa shape index (κ1) is 15.1. The summed E-state index contributed by atoms with van der Waals surface area (Å²) in [6.45, 7) is 5.67. The molecule has 2 rings (SSSR count). The Morgan fingerprint density at radius 2 is 2.15 bits per heavy atom. The lowest BCUT2D eigenvalue weighted by Crippen LogP contribution is -2.21. The molecule has 2 unspecified atom stereocenters. The number of nitrogens with zero attached hydrogens (tertiary/aromatic N) is 2. The Hall–Kier alpha value is -1.26. The van der Waals surface area contributed by atoms with Gasteiger partial charge in [-0.1, -0.05) is 17.7 Å². The van der Waals surface area contributed by atoms with Crippen LogP contribution < -0.4 is 0 Å². The second-order valence-corrected chi connectivity index (χ2v) is 5.55. The Morgan fingerprint density at radius 1 is 1.45 bits per heavy atom. The lowest BCUT2D eigenvalue weighted by molar-refractivity contribution is -0.146. The van der Waals surface area contributed by atoms with Gasteiger partial charge in [-0.3, -0.25) is 0 Å². The van der Waals surface area contributed by atoms with Crippen molar-refractivity contribution in [2.45, 2.75) is 32.2 Å². The Bertz CT molecular complexity index is 637. The van der Waals surface area contributed by atoms with E-state index in [2.05, 4.69) is 4.98 Å². The number of hydrogen-bond donors (Lipinski definition) is 0. The van der Waals surface area contributed by atoms with E-state index < -0.39 is 6.04 Å². The van der Waals surface area contributed by atoms with Gasteiger partial charge >= 0.3 is 5.97 Å². The van der Waals surface area contributed by atoms with Crippen LogP contribution in [0.2, 0.25) is 5.02 Å². The summed E-state index contributed by atoms with van der Waals surface area (Å²) in [4.78, 5) is 16.5. The molecule has 0 N–H and O–H groups in total. The van der Waals surface area contributed by atoms with E-state index in [0.29, 0.717) is 23.0 Å². The molecule has 1 aromatic heterocycles. The molecule has 0 aliphatic heterocycles. The van der Waals surface area contributed by atoms with Crippen LogP contribution in [0.4, 0.5) is 0 Å². The summed E-state index contributed by atoms with van der Waals surface area (Å²) >= 11 is 12.4. The van der Waals surface area contributed by atoms with Crippen molar-refractivity contribution in [3.63, 3.8) is 0 Å². The van der Waals surface area contributed by atoms with Crippen LogP contribution in [0.25, 0.3) is 11.0 Å². The quantitative estimate of drug-likeness (QED) is 0.630. The van der Waals surface area contributed by atoms with Gasteiger partial charge in [0.2, 0.25) is 0 Å². The summed E-state index contributed by atoms with van der Waals surface area (Å²) < 4.78 is 6.83. The average molecular weight is 315 g/mol. The second kappa shape index (κ2) is 6.02. The molecule has 4 nitrogen and oxygen atoms in total. The highest BCUT2D eigenvalue weighted by atomic mass is 35.5. The maximum absolute atomic E-state index is 12.0. The van der Waals surface area contributed by atoms with Gasteiger partial charge in [0, 0.05) is 0 Å². The molecule has 20 heavy (non-hydrogen) atoms. The predicted molar refractivity (Wildman–Crippen MR) is 80.4 cm³/mol. The van der Waals surface area contributed by atoms with Crippen molar-refractivity contribution >= 4 is 40.2 Å². The van der Waals surface area contributed by atoms with Crippen molar-refractivity contribution in [1.82, 2.24) is 9.55 Å². The van der Waals surface area contributed by atoms with E-state index in [4.69, 9.17) is 27.9 Å². The molecule has 6 heteroatoms. The number of hydrogen-bond acceptors (Lipinski definition) is 3. The summed E-state index contributed by atoms with van der Waals surface area (Å²) in [6.07, 6.45) is 0. The van der Waals surface area contributed by atoms with E-state index in [0.717, 1.165) is 5.52 Å². The molecule has 0 amide bonds. The summed E-state index contributed by atoms with van der Waals surface area (Å²) in [7, 11) is 0. The number of imidazole rings is 1. The zero-order chi connectivity index (χ0) is 14.9. The molecule has 1 heterocycles. The Kier molecular flexibility index (Phi) is 4.55. The molecular weight excluding hydrogens is 299 g/mol. The van der Waals surface area contributed by atoms with Crippen LogP contribution in [0.15, 0.2) is 18.2 Å². The summed E-state index contributed by atoms with van der Waals surface area (Å²) in [6, 6.07) is 4.90. The fraction of sp³-hybridized carbons (Fsp3) is 0.429. The zero-order valence-electron chi connectivity index (χ0n) is 11.6. The molecule has 0 fully saturated rings. The van der Waals surface area contributed by atoms with Gasteiger partial charge < -0.3 is 9.30 Å². The number of ether oxygens (including phenoxy) is 1. The van der Waals surface area contributed by atoms with Crippen LogP contribution in [0.5, 0.6) is 0 Å². The average Bonchev–Trinajstić information content (AvgIpc) is 2.79. The van der Waals surface area contributed by atoms with Crippen molar-refractivity contribution < 1.29 is 9.53 Å².